The Labute approximate surface area is 88.9 Å². The third kappa shape index (κ3) is 2.27. The van der Waals surface area contributed by atoms with Gasteiger partial charge in [0.1, 0.15) is 0 Å². The molecule has 76 valence electrons. The third-order valence-corrected chi connectivity index (χ3v) is 2.95. The number of aryl methyl sites for hydroxylation is 1. The molecule has 1 aromatic carbocycles. The highest BCUT2D eigenvalue weighted by molar-refractivity contribution is 6.30. The SMILES string of the molecule is OC1(CCc2ccc(Cl)cc2)CNC1. The predicted molar refractivity (Wildman–Crippen MR) is 57.6 cm³/mol. The molecule has 2 rings (SSSR count). The minimum Gasteiger partial charge on any atom is -0.387 e. The Hall–Kier alpha value is -0.570. The van der Waals surface area contributed by atoms with Crippen molar-refractivity contribution in [2.45, 2.75) is 18.4 Å². The van der Waals surface area contributed by atoms with Crippen LogP contribution in [0.5, 0.6) is 0 Å². The largest absolute Gasteiger partial charge is 0.387 e. The topological polar surface area (TPSA) is 32.3 Å². The molecule has 0 amide bonds. The smallest absolute Gasteiger partial charge is 0.0898 e. The minimum atomic E-state index is -0.473. The first-order valence-electron chi connectivity index (χ1n) is 4.86. The first kappa shape index (κ1) is 9.97. The molecule has 0 saturated carbocycles. The van der Waals surface area contributed by atoms with Gasteiger partial charge in [-0.1, -0.05) is 23.7 Å². The molecule has 0 unspecified atom stereocenters. The van der Waals surface area contributed by atoms with E-state index in [0.29, 0.717) is 0 Å². The van der Waals surface area contributed by atoms with E-state index in [9.17, 15) is 5.11 Å². The highest BCUT2D eigenvalue weighted by Gasteiger charge is 2.33. The highest BCUT2D eigenvalue weighted by atomic mass is 35.5. The molecule has 14 heavy (non-hydrogen) atoms. The van der Waals surface area contributed by atoms with Crippen LogP contribution in [-0.4, -0.2) is 23.8 Å². The molecule has 1 heterocycles. The van der Waals surface area contributed by atoms with Crippen LogP contribution in [0.15, 0.2) is 24.3 Å². The molecule has 1 aliphatic heterocycles. The first-order chi connectivity index (χ1) is 6.68. The molecule has 1 aliphatic rings. The van der Waals surface area contributed by atoms with E-state index in [1.54, 1.807) is 0 Å². The second-order valence-electron chi connectivity index (χ2n) is 3.95. The van der Waals surface area contributed by atoms with Gasteiger partial charge in [0.05, 0.1) is 5.60 Å². The van der Waals surface area contributed by atoms with Crippen molar-refractivity contribution >= 4 is 11.6 Å². The lowest BCUT2D eigenvalue weighted by atomic mass is 9.90. The maximum absolute atomic E-state index is 9.84. The molecule has 1 saturated heterocycles. The Morgan fingerprint density at radius 2 is 1.93 bits per heavy atom. The predicted octanol–water partition coefficient (Wildman–Crippen LogP) is 1.61. The van der Waals surface area contributed by atoms with E-state index in [1.165, 1.54) is 5.56 Å². The van der Waals surface area contributed by atoms with Crippen LogP contribution in [0.3, 0.4) is 0 Å². The molecular formula is C11H14ClNO. The van der Waals surface area contributed by atoms with Crippen LogP contribution < -0.4 is 5.32 Å². The number of aliphatic hydroxyl groups is 1. The summed E-state index contributed by atoms with van der Waals surface area (Å²) >= 11 is 5.78. The monoisotopic (exact) mass is 211 g/mol. The molecular weight excluding hydrogens is 198 g/mol. The lowest BCUT2D eigenvalue weighted by Gasteiger charge is -2.37. The summed E-state index contributed by atoms with van der Waals surface area (Å²) in [5.74, 6) is 0. The third-order valence-electron chi connectivity index (χ3n) is 2.70. The summed E-state index contributed by atoms with van der Waals surface area (Å²) in [5.41, 5.74) is 0.759. The Morgan fingerprint density at radius 3 is 2.43 bits per heavy atom. The average Bonchev–Trinajstić information content (AvgIpc) is 2.14. The Bertz CT molecular complexity index is 306. The molecule has 2 N–H and O–H groups in total. The van der Waals surface area contributed by atoms with Crippen LogP contribution in [0.4, 0.5) is 0 Å². The van der Waals surface area contributed by atoms with Gasteiger partial charge in [0, 0.05) is 18.1 Å². The van der Waals surface area contributed by atoms with Crippen LogP contribution in [0.25, 0.3) is 0 Å². The lowest BCUT2D eigenvalue weighted by Crippen LogP contribution is -2.59. The van der Waals surface area contributed by atoms with E-state index in [4.69, 9.17) is 11.6 Å². The van der Waals surface area contributed by atoms with Gasteiger partial charge in [0.25, 0.3) is 0 Å². The average molecular weight is 212 g/mol. The quantitative estimate of drug-likeness (QED) is 0.796. The fourth-order valence-corrected chi connectivity index (χ4v) is 1.74. The molecule has 1 aromatic rings. The van der Waals surface area contributed by atoms with Gasteiger partial charge in [-0.05, 0) is 30.5 Å². The standard InChI is InChI=1S/C11H14ClNO/c12-10-3-1-9(2-4-10)5-6-11(14)7-13-8-11/h1-4,13-14H,5-8H2. The normalized spacial score (nSPS) is 19.0. The van der Waals surface area contributed by atoms with Crippen molar-refractivity contribution in [3.63, 3.8) is 0 Å². The summed E-state index contributed by atoms with van der Waals surface area (Å²) in [6.07, 6.45) is 1.73. The first-order valence-corrected chi connectivity index (χ1v) is 5.23. The molecule has 3 heteroatoms. The number of halogens is 1. The number of nitrogens with one attached hydrogen (secondary N) is 1. The van der Waals surface area contributed by atoms with E-state index < -0.39 is 5.60 Å². The van der Waals surface area contributed by atoms with E-state index in [2.05, 4.69) is 5.32 Å². The van der Waals surface area contributed by atoms with Gasteiger partial charge >= 0.3 is 0 Å². The molecule has 0 atom stereocenters. The van der Waals surface area contributed by atoms with Gasteiger partial charge in [-0.3, -0.25) is 0 Å². The minimum absolute atomic E-state index is 0.473. The van der Waals surface area contributed by atoms with E-state index in [1.807, 2.05) is 24.3 Å². The highest BCUT2D eigenvalue weighted by Crippen LogP contribution is 2.19. The van der Waals surface area contributed by atoms with E-state index in [0.717, 1.165) is 31.0 Å². The zero-order valence-electron chi connectivity index (χ0n) is 7.96. The van der Waals surface area contributed by atoms with Crippen LogP contribution in [0, 0.1) is 0 Å². The zero-order chi connectivity index (χ0) is 10.0. The summed E-state index contributed by atoms with van der Waals surface area (Å²) in [6.45, 7) is 1.45. The summed E-state index contributed by atoms with van der Waals surface area (Å²) < 4.78 is 0. The van der Waals surface area contributed by atoms with Crippen molar-refractivity contribution in [2.24, 2.45) is 0 Å². The fraction of sp³-hybridized carbons (Fsp3) is 0.455. The van der Waals surface area contributed by atoms with Crippen molar-refractivity contribution in [3.05, 3.63) is 34.9 Å². The maximum atomic E-state index is 9.84. The second kappa shape index (κ2) is 3.89. The Balaban J connectivity index is 1.88. The van der Waals surface area contributed by atoms with Gasteiger partial charge in [-0.25, -0.2) is 0 Å². The number of benzene rings is 1. The molecule has 2 nitrogen and oxygen atoms in total. The van der Waals surface area contributed by atoms with Gasteiger partial charge in [0.2, 0.25) is 0 Å². The molecule has 0 spiro atoms. The van der Waals surface area contributed by atoms with Crippen molar-refractivity contribution in [2.75, 3.05) is 13.1 Å². The molecule has 0 aliphatic carbocycles. The van der Waals surface area contributed by atoms with Crippen molar-refractivity contribution in [3.8, 4) is 0 Å². The van der Waals surface area contributed by atoms with Gasteiger partial charge in [0.15, 0.2) is 0 Å². The van der Waals surface area contributed by atoms with Crippen LogP contribution in [0.1, 0.15) is 12.0 Å². The summed E-state index contributed by atoms with van der Waals surface area (Å²) in [6, 6.07) is 7.80. The van der Waals surface area contributed by atoms with Crippen molar-refractivity contribution in [1.82, 2.24) is 5.32 Å². The number of hydrogen-bond acceptors (Lipinski definition) is 2. The fourth-order valence-electron chi connectivity index (χ4n) is 1.62. The second-order valence-corrected chi connectivity index (χ2v) is 4.39. The lowest BCUT2D eigenvalue weighted by molar-refractivity contribution is -0.0167. The van der Waals surface area contributed by atoms with Crippen LogP contribution >= 0.6 is 11.6 Å². The van der Waals surface area contributed by atoms with Gasteiger partial charge in [-0.15, -0.1) is 0 Å². The van der Waals surface area contributed by atoms with Gasteiger partial charge < -0.3 is 10.4 Å². The Morgan fingerprint density at radius 1 is 1.29 bits per heavy atom. The maximum Gasteiger partial charge on any atom is 0.0898 e. The summed E-state index contributed by atoms with van der Waals surface area (Å²) in [4.78, 5) is 0. The molecule has 1 fully saturated rings. The van der Waals surface area contributed by atoms with Crippen molar-refractivity contribution in [1.29, 1.82) is 0 Å². The van der Waals surface area contributed by atoms with Gasteiger partial charge in [-0.2, -0.15) is 0 Å². The van der Waals surface area contributed by atoms with Crippen LogP contribution in [-0.2, 0) is 6.42 Å². The molecule has 0 aromatic heterocycles. The van der Waals surface area contributed by atoms with Crippen LogP contribution in [0.2, 0.25) is 5.02 Å². The zero-order valence-corrected chi connectivity index (χ0v) is 8.72. The molecule has 0 radical (unpaired) electrons. The van der Waals surface area contributed by atoms with Crippen molar-refractivity contribution < 1.29 is 5.11 Å². The Kier molecular flexibility index (Phi) is 2.77. The number of rotatable bonds is 3. The van der Waals surface area contributed by atoms with E-state index >= 15 is 0 Å². The number of β-amino-alcohol motifs (C(OH)–C–C–N with tert-alkyl or cyclic N) is 1. The van der Waals surface area contributed by atoms with E-state index in [-0.39, 0.29) is 0 Å². The molecule has 0 bridgehead atoms. The summed E-state index contributed by atoms with van der Waals surface area (Å²) in [7, 11) is 0. The number of hydrogen-bond donors (Lipinski definition) is 2. The summed E-state index contributed by atoms with van der Waals surface area (Å²) in [5, 5.41) is 13.7.